The molecule has 2 rings (SSSR count). The molecule has 3 heteroatoms. The summed E-state index contributed by atoms with van der Waals surface area (Å²) in [5.41, 5.74) is 2.71. The van der Waals surface area contributed by atoms with Gasteiger partial charge in [-0.2, -0.15) is 0 Å². The number of esters is 1. The van der Waals surface area contributed by atoms with E-state index >= 15 is 0 Å². The largest absolute Gasteiger partial charge is 0.469 e. The van der Waals surface area contributed by atoms with E-state index in [4.69, 9.17) is 0 Å². The molecule has 1 aromatic rings. The van der Waals surface area contributed by atoms with Crippen molar-refractivity contribution >= 4 is 11.8 Å². The van der Waals surface area contributed by atoms with Crippen LogP contribution < -0.4 is 0 Å². The standard InChI is InChI=1S/C12H12O3/c1-15-12(14)7-8-2-3-9-4-5-11(13)10(9)6-8/h2-3,6H,4-5,7H2,1H3. The van der Waals surface area contributed by atoms with Gasteiger partial charge in [-0.3, -0.25) is 9.59 Å². The van der Waals surface area contributed by atoms with Gasteiger partial charge >= 0.3 is 5.97 Å². The first-order valence-corrected chi connectivity index (χ1v) is 4.92. The minimum Gasteiger partial charge on any atom is -0.469 e. The van der Waals surface area contributed by atoms with Gasteiger partial charge in [0.1, 0.15) is 0 Å². The Morgan fingerprint density at radius 1 is 1.40 bits per heavy atom. The molecule has 0 aromatic heterocycles. The quantitative estimate of drug-likeness (QED) is 0.686. The highest BCUT2D eigenvalue weighted by atomic mass is 16.5. The lowest BCUT2D eigenvalue weighted by Gasteiger charge is -2.02. The molecule has 0 saturated carbocycles. The second kappa shape index (κ2) is 3.85. The summed E-state index contributed by atoms with van der Waals surface area (Å²) in [4.78, 5) is 22.5. The molecule has 0 spiro atoms. The van der Waals surface area contributed by atoms with E-state index in [0.717, 1.165) is 23.1 Å². The average Bonchev–Trinajstić information content (AvgIpc) is 2.60. The third-order valence-electron chi connectivity index (χ3n) is 2.67. The molecule has 0 bridgehead atoms. The second-order valence-corrected chi connectivity index (χ2v) is 3.67. The smallest absolute Gasteiger partial charge is 0.309 e. The van der Waals surface area contributed by atoms with Crippen molar-refractivity contribution in [2.45, 2.75) is 19.3 Å². The van der Waals surface area contributed by atoms with Gasteiger partial charge in [-0.05, 0) is 23.6 Å². The van der Waals surface area contributed by atoms with Crippen LogP contribution in [0.15, 0.2) is 18.2 Å². The molecular weight excluding hydrogens is 192 g/mol. The van der Waals surface area contributed by atoms with Gasteiger partial charge in [-0.1, -0.05) is 12.1 Å². The highest BCUT2D eigenvalue weighted by Gasteiger charge is 2.19. The van der Waals surface area contributed by atoms with Crippen LogP contribution in [0.25, 0.3) is 0 Å². The lowest BCUT2D eigenvalue weighted by Crippen LogP contribution is -2.05. The summed E-state index contributed by atoms with van der Waals surface area (Å²) in [6.07, 6.45) is 1.65. The summed E-state index contributed by atoms with van der Waals surface area (Å²) in [6.45, 7) is 0. The maximum Gasteiger partial charge on any atom is 0.309 e. The third kappa shape index (κ3) is 1.91. The lowest BCUT2D eigenvalue weighted by molar-refractivity contribution is -0.139. The van der Waals surface area contributed by atoms with Crippen LogP contribution in [0.3, 0.4) is 0 Å². The number of aryl methyl sites for hydroxylation is 1. The summed E-state index contributed by atoms with van der Waals surface area (Å²) in [5, 5.41) is 0. The number of ketones is 1. The molecule has 78 valence electrons. The minimum atomic E-state index is -0.277. The Morgan fingerprint density at radius 3 is 2.93 bits per heavy atom. The third-order valence-corrected chi connectivity index (χ3v) is 2.67. The SMILES string of the molecule is COC(=O)Cc1ccc2c(c1)C(=O)CC2. The normalized spacial score (nSPS) is 13.8. The van der Waals surface area contributed by atoms with E-state index in [-0.39, 0.29) is 18.2 Å². The second-order valence-electron chi connectivity index (χ2n) is 3.67. The molecule has 15 heavy (non-hydrogen) atoms. The van der Waals surface area contributed by atoms with Gasteiger partial charge in [-0.25, -0.2) is 0 Å². The highest BCUT2D eigenvalue weighted by Crippen LogP contribution is 2.23. The van der Waals surface area contributed by atoms with Crippen LogP contribution >= 0.6 is 0 Å². The Morgan fingerprint density at radius 2 is 2.20 bits per heavy atom. The molecular formula is C12H12O3. The average molecular weight is 204 g/mol. The highest BCUT2D eigenvalue weighted by molar-refractivity contribution is 6.00. The van der Waals surface area contributed by atoms with Gasteiger partial charge < -0.3 is 4.74 Å². The Hall–Kier alpha value is -1.64. The summed E-state index contributed by atoms with van der Waals surface area (Å²) >= 11 is 0. The first-order chi connectivity index (χ1) is 7.20. The Kier molecular flexibility index (Phi) is 2.54. The zero-order valence-electron chi connectivity index (χ0n) is 8.58. The van der Waals surface area contributed by atoms with Crippen molar-refractivity contribution in [2.75, 3.05) is 7.11 Å². The van der Waals surface area contributed by atoms with Crippen LogP contribution in [0, 0.1) is 0 Å². The maximum absolute atomic E-state index is 11.5. The van der Waals surface area contributed by atoms with Crippen LogP contribution in [0.4, 0.5) is 0 Å². The van der Waals surface area contributed by atoms with Gasteiger partial charge in [0.15, 0.2) is 5.78 Å². The predicted molar refractivity (Wildman–Crippen MR) is 54.8 cm³/mol. The van der Waals surface area contributed by atoms with Crippen molar-refractivity contribution in [3.63, 3.8) is 0 Å². The van der Waals surface area contributed by atoms with Crippen molar-refractivity contribution in [1.82, 2.24) is 0 Å². The number of methoxy groups -OCH3 is 1. The number of Topliss-reactive ketones (excluding diaryl/α,β-unsaturated/α-hetero) is 1. The van der Waals surface area contributed by atoms with Crippen molar-refractivity contribution in [3.05, 3.63) is 34.9 Å². The van der Waals surface area contributed by atoms with E-state index in [1.807, 2.05) is 18.2 Å². The number of rotatable bonds is 2. The van der Waals surface area contributed by atoms with Crippen LogP contribution in [0.1, 0.15) is 27.9 Å². The molecule has 0 fully saturated rings. The Labute approximate surface area is 88.1 Å². The molecule has 0 aliphatic heterocycles. The first-order valence-electron chi connectivity index (χ1n) is 4.92. The molecule has 0 atom stereocenters. The number of hydrogen-bond donors (Lipinski definition) is 0. The molecule has 1 aliphatic carbocycles. The van der Waals surface area contributed by atoms with E-state index in [1.165, 1.54) is 7.11 Å². The summed E-state index contributed by atoms with van der Waals surface area (Å²) in [5.74, 6) is -0.0999. The van der Waals surface area contributed by atoms with E-state index in [0.29, 0.717) is 6.42 Å². The Balaban J connectivity index is 2.25. The number of hydrogen-bond acceptors (Lipinski definition) is 3. The molecule has 3 nitrogen and oxygen atoms in total. The minimum absolute atomic E-state index is 0.178. The number of ether oxygens (including phenoxy) is 1. The van der Waals surface area contributed by atoms with E-state index in [9.17, 15) is 9.59 Å². The van der Waals surface area contributed by atoms with Gasteiger partial charge in [0.2, 0.25) is 0 Å². The molecule has 0 heterocycles. The molecule has 0 amide bonds. The summed E-state index contributed by atoms with van der Waals surface area (Å²) in [7, 11) is 1.36. The van der Waals surface area contributed by atoms with Gasteiger partial charge in [0.05, 0.1) is 13.5 Å². The lowest BCUT2D eigenvalue weighted by atomic mass is 10.0. The molecule has 1 aliphatic rings. The summed E-state index contributed by atoms with van der Waals surface area (Å²) < 4.78 is 4.58. The molecule has 0 unspecified atom stereocenters. The summed E-state index contributed by atoms with van der Waals surface area (Å²) in [6, 6.07) is 5.62. The first kappa shape index (κ1) is 9.90. The molecule has 0 saturated heterocycles. The van der Waals surface area contributed by atoms with Crippen molar-refractivity contribution < 1.29 is 14.3 Å². The molecule has 0 radical (unpaired) electrons. The molecule has 0 N–H and O–H groups in total. The number of carbonyl (C=O) groups excluding carboxylic acids is 2. The molecule has 1 aromatic carbocycles. The van der Waals surface area contributed by atoms with Gasteiger partial charge in [0.25, 0.3) is 0 Å². The van der Waals surface area contributed by atoms with Crippen LogP contribution in [0.2, 0.25) is 0 Å². The van der Waals surface area contributed by atoms with E-state index < -0.39 is 0 Å². The monoisotopic (exact) mass is 204 g/mol. The number of carbonyl (C=O) groups is 2. The van der Waals surface area contributed by atoms with Crippen LogP contribution in [0.5, 0.6) is 0 Å². The maximum atomic E-state index is 11.5. The zero-order valence-corrected chi connectivity index (χ0v) is 8.58. The fourth-order valence-corrected chi connectivity index (χ4v) is 1.83. The van der Waals surface area contributed by atoms with E-state index in [1.54, 1.807) is 0 Å². The van der Waals surface area contributed by atoms with E-state index in [2.05, 4.69) is 4.74 Å². The zero-order chi connectivity index (χ0) is 10.8. The van der Waals surface area contributed by atoms with Gasteiger partial charge in [0, 0.05) is 12.0 Å². The fraction of sp³-hybridized carbons (Fsp3) is 0.333. The van der Waals surface area contributed by atoms with Gasteiger partial charge in [-0.15, -0.1) is 0 Å². The van der Waals surface area contributed by atoms with Crippen molar-refractivity contribution in [1.29, 1.82) is 0 Å². The number of fused-ring (bicyclic) bond motifs is 1. The predicted octanol–water partition coefficient (Wildman–Crippen LogP) is 1.53. The van der Waals surface area contributed by atoms with Crippen LogP contribution in [-0.4, -0.2) is 18.9 Å². The van der Waals surface area contributed by atoms with Crippen LogP contribution in [-0.2, 0) is 22.4 Å². The topological polar surface area (TPSA) is 43.4 Å². The fourth-order valence-electron chi connectivity index (χ4n) is 1.83. The van der Waals surface area contributed by atoms with Crippen molar-refractivity contribution in [2.24, 2.45) is 0 Å². The number of benzene rings is 1. The Bertz CT molecular complexity index is 421. The van der Waals surface area contributed by atoms with Crippen molar-refractivity contribution in [3.8, 4) is 0 Å².